The highest BCUT2D eigenvalue weighted by molar-refractivity contribution is 6.17. The molecule has 1 unspecified atom stereocenters. The zero-order chi connectivity index (χ0) is 14.3. The number of hydrogen-bond donors (Lipinski definition) is 0. The third-order valence-electron chi connectivity index (χ3n) is 2.80. The number of anilines is 1. The first-order valence-corrected chi connectivity index (χ1v) is 6.62. The van der Waals surface area contributed by atoms with Gasteiger partial charge in [-0.25, -0.2) is 9.37 Å². The molecule has 19 heavy (non-hydrogen) atoms. The average molecular weight is 291 g/mol. The third kappa shape index (κ3) is 4.60. The molecule has 0 aliphatic heterocycles. The van der Waals surface area contributed by atoms with E-state index in [9.17, 15) is 4.39 Å². The van der Waals surface area contributed by atoms with Crippen LogP contribution in [0.3, 0.4) is 0 Å². The minimum atomic E-state index is -0.384. The van der Waals surface area contributed by atoms with Crippen molar-refractivity contribution in [2.24, 2.45) is 0 Å². The Balaban J connectivity index is 3.01. The summed E-state index contributed by atoms with van der Waals surface area (Å²) in [6, 6.07) is 1.51. The maximum atomic E-state index is 13.2. The summed E-state index contributed by atoms with van der Waals surface area (Å²) in [5, 5.41) is 0. The number of nitrogens with zero attached hydrogens (tertiary/aromatic N) is 2. The fraction of sp³-hybridized carbons (Fsp3) is 0.615. The molecule has 1 aromatic heterocycles. The van der Waals surface area contributed by atoms with Crippen molar-refractivity contribution in [3.8, 4) is 0 Å². The highest BCUT2D eigenvalue weighted by Crippen LogP contribution is 2.22. The second-order valence-electron chi connectivity index (χ2n) is 4.26. The highest BCUT2D eigenvalue weighted by Gasteiger charge is 2.19. The fourth-order valence-electron chi connectivity index (χ4n) is 1.89. The molecule has 0 saturated heterocycles. The van der Waals surface area contributed by atoms with Crippen LogP contribution in [0.25, 0.3) is 0 Å². The van der Waals surface area contributed by atoms with Crippen molar-refractivity contribution in [3.05, 3.63) is 23.6 Å². The van der Waals surface area contributed by atoms with Crippen molar-refractivity contribution in [1.29, 1.82) is 0 Å². The van der Waals surface area contributed by atoms with Gasteiger partial charge in [0.05, 0.1) is 31.3 Å². The number of ether oxygens (including phenoxy) is 2. The predicted octanol–water partition coefficient (Wildman–Crippen LogP) is 2.45. The lowest BCUT2D eigenvalue weighted by molar-refractivity contribution is 0.170. The minimum Gasteiger partial charge on any atom is -0.383 e. The second-order valence-corrected chi connectivity index (χ2v) is 4.53. The first-order chi connectivity index (χ1) is 9.13. The van der Waals surface area contributed by atoms with Gasteiger partial charge in [0.25, 0.3) is 0 Å². The molecule has 0 amide bonds. The molecule has 1 heterocycles. The van der Waals surface area contributed by atoms with E-state index in [1.807, 2.05) is 11.8 Å². The predicted molar refractivity (Wildman–Crippen MR) is 74.3 cm³/mol. The molecule has 0 radical (unpaired) electrons. The van der Waals surface area contributed by atoms with Gasteiger partial charge in [0.2, 0.25) is 0 Å². The van der Waals surface area contributed by atoms with Crippen LogP contribution in [-0.4, -0.2) is 45.0 Å². The Kier molecular flexibility index (Phi) is 7.05. The molecule has 4 nitrogen and oxygen atoms in total. The summed E-state index contributed by atoms with van der Waals surface area (Å²) in [7, 11) is 3.28. The number of aromatic nitrogens is 1. The molecule has 0 aliphatic carbocycles. The van der Waals surface area contributed by atoms with Crippen molar-refractivity contribution in [3.63, 3.8) is 0 Å². The first-order valence-electron chi connectivity index (χ1n) is 6.09. The molecule has 108 valence electrons. The van der Waals surface area contributed by atoms with Gasteiger partial charge in [0, 0.05) is 26.3 Å². The molecule has 1 atom stereocenters. The Morgan fingerprint density at radius 1 is 1.42 bits per heavy atom. The van der Waals surface area contributed by atoms with E-state index in [0.29, 0.717) is 31.1 Å². The Labute approximate surface area is 118 Å². The van der Waals surface area contributed by atoms with Gasteiger partial charge in [0.15, 0.2) is 0 Å². The summed E-state index contributed by atoms with van der Waals surface area (Å²) in [6.45, 7) is 3.76. The van der Waals surface area contributed by atoms with Gasteiger partial charge in [-0.3, -0.25) is 0 Å². The molecule has 0 spiro atoms. The highest BCUT2D eigenvalue weighted by atomic mass is 35.5. The van der Waals surface area contributed by atoms with Crippen molar-refractivity contribution in [2.75, 3.05) is 38.9 Å². The quantitative estimate of drug-likeness (QED) is 0.689. The lowest BCUT2D eigenvalue weighted by atomic mass is 10.2. The first kappa shape index (κ1) is 16.1. The van der Waals surface area contributed by atoms with Gasteiger partial charge in [-0.05, 0) is 13.0 Å². The van der Waals surface area contributed by atoms with E-state index in [4.69, 9.17) is 21.1 Å². The van der Waals surface area contributed by atoms with Crippen LogP contribution in [0.1, 0.15) is 12.5 Å². The molecular formula is C13H20ClFN2O2. The number of hydrogen-bond acceptors (Lipinski definition) is 4. The van der Waals surface area contributed by atoms with Crippen molar-refractivity contribution >= 4 is 17.4 Å². The summed E-state index contributed by atoms with van der Waals surface area (Å²) in [4.78, 5) is 6.18. The fourth-order valence-corrected chi connectivity index (χ4v) is 2.08. The smallest absolute Gasteiger partial charge is 0.141 e. The molecule has 0 N–H and O–H groups in total. The summed E-state index contributed by atoms with van der Waals surface area (Å²) < 4.78 is 23.5. The third-order valence-corrected chi connectivity index (χ3v) is 3.09. The molecule has 0 aliphatic rings. The van der Waals surface area contributed by atoms with Crippen LogP contribution in [-0.2, 0) is 15.4 Å². The Morgan fingerprint density at radius 3 is 2.74 bits per heavy atom. The molecule has 0 bridgehead atoms. The molecule has 1 rings (SSSR count). The standard InChI is InChI=1S/C13H20ClFN2O2/c1-10(9-19-3)17(4-5-18-2)13-11(7-14)6-12(15)8-16-13/h6,8,10H,4-5,7,9H2,1-3H3. The molecule has 0 saturated carbocycles. The normalized spacial score (nSPS) is 12.5. The summed E-state index contributed by atoms with van der Waals surface area (Å²) in [5.74, 6) is 0.506. The molecule has 6 heteroatoms. The van der Waals surface area contributed by atoms with E-state index in [-0.39, 0.29) is 17.7 Å². The van der Waals surface area contributed by atoms with E-state index < -0.39 is 0 Å². The minimum absolute atomic E-state index is 0.0973. The zero-order valence-corrected chi connectivity index (χ0v) is 12.3. The van der Waals surface area contributed by atoms with Gasteiger partial charge in [0.1, 0.15) is 11.6 Å². The van der Waals surface area contributed by atoms with E-state index >= 15 is 0 Å². The van der Waals surface area contributed by atoms with Crippen molar-refractivity contribution in [2.45, 2.75) is 18.8 Å². The molecule has 1 aromatic rings. The average Bonchev–Trinajstić information content (AvgIpc) is 2.40. The maximum Gasteiger partial charge on any atom is 0.141 e. The number of pyridine rings is 1. The number of rotatable bonds is 8. The molecule has 0 fully saturated rings. The van der Waals surface area contributed by atoms with Gasteiger partial charge in [-0.2, -0.15) is 0 Å². The topological polar surface area (TPSA) is 34.6 Å². The number of alkyl halides is 1. The van der Waals surface area contributed by atoms with E-state index in [1.165, 1.54) is 12.3 Å². The van der Waals surface area contributed by atoms with Crippen LogP contribution in [0.4, 0.5) is 10.2 Å². The SMILES string of the molecule is COCCN(c1ncc(F)cc1CCl)C(C)COC. The number of methoxy groups -OCH3 is 2. The molecular weight excluding hydrogens is 271 g/mol. The molecule has 0 aromatic carbocycles. The number of halogens is 2. The van der Waals surface area contributed by atoms with Crippen molar-refractivity contribution < 1.29 is 13.9 Å². The van der Waals surface area contributed by atoms with E-state index in [0.717, 1.165) is 0 Å². The van der Waals surface area contributed by atoms with Crippen LogP contribution in [0.5, 0.6) is 0 Å². The van der Waals surface area contributed by atoms with Crippen LogP contribution < -0.4 is 4.90 Å². The lowest BCUT2D eigenvalue weighted by Gasteiger charge is -2.31. The Bertz CT molecular complexity index is 393. The zero-order valence-electron chi connectivity index (χ0n) is 11.5. The lowest BCUT2D eigenvalue weighted by Crippen LogP contribution is -2.39. The van der Waals surface area contributed by atoms with Crippen LogP contribution in [0, 0.1) is 5.82 Å². The maximum absolute atomic E-state index is 13.2. The van der Waals surface area contributed by atoms with Gasteiger partial charge < -0.3 is 14.4 Å². The van der Waals surface area contributed by atoms with Gasteiger partial charge in [-0.15, -0.1) is 11.6 Å². The van der Waals surface area contributed by atoms with Crippen LogP contribution in [0.15, 0.2) is 12.3 Å². The Morgan fingerprint density at radius 2 is 2.16 bits per heavy atom. The second kappa shape index (κ2) is 8.30. The monoisotopic (exact) mass is 290 g/mol. The summed E-state index contributed by atoms with van der Waals surface area (Å²) >= 11 is 5.87. The van der Waals surface area contributed by atoms with Crippen LogP contribution >= 0.6 is 11.6 Å². The van der Waals surface area contributed by atoms with Gasteiger partial charge in [-0.1, -0.05) is 0 Å². The largest absolute Gasteiger partial charge is 0.383 e. The van der Waals surface area contributed by atoms with Gasteiger partial charge >= 0.3 is 0 Å². The Hall–Kier alpha value is -0.910. The van der Waals surface area contributed by atoms with Crippen molar-refractivity contribution in [1.82, 2.24) is 4.98 Å². The summed E-state index contributed by atoms with van der Waals surface area (Å²) in [6.07, 6.45) is 1.20. The summed E-state index contributed by atoms with van der Waals surface area (Å²) in [5.41, 5.74) is 0.667. The van der Waals surface area contributed by atoms with Crippen LogP contribution in [0.2, 0.25) is 0 Å². The van der Waals surface area contributed by atoms with E-state index in [2.05, 4.69) is 4.98 Å². The van der Waals surface area contributed by atoms with E-state index in [1.54, 1.807) is 14.2 Å².